The lowest BCUT2D eigenvalue weighted by Crippen LogP contribution is -2.19. The molecule has 0 saturated carbocycles. The number of nitrogens with zero attached hydrogens (tertiary/aromatic N) is 1. The number of aromatic nitrogens is 1. The molecule has 0 spiro atoms. The summed E-state index contributed by atoms with van der Waals surface area (Å²) in [5.74, 6) is 0.882. The molecule has 0 saturated heterocycles. The number of pyridine rings is 1. The van der Waals surface area contributed by atoms with Gasteiger partial charge in [-0.25, -0.2) is 0 Å². The molecule has 0 radical (unpaired) electrons. The van der Waals surface area contributed by atoms with E-state index in [0.717, 1.165) is 34.6 Å². The van der Waals surface area contributed by atoms with E-state index < -0.39 is 0 Å². The zero-order chi connectivity index (χ0) is 14.9. The van der Waals surface area contributed by atoms with Crippen LogP contribution in [0.4, 0.5) is 0 Å². The van der Waals surface area contributed by atoms with Gasteiger partial charge in [-0.15, -0.1) is 0 Å². The first-order valence-electron chi connectivity index (χ1n) is 6.80. The fourth-order valence-corrected chi connectivity index (χ4v) is 2.07. The average Bonchev–Trinajstić information content (AvgIpc) is 2.52. The average molecular weight is 351 g/mol. The largest absolute Gasteiger partial charge is 0.487 e. The van der Waals surface area contributed by atoms with E-state index in [0.29, 0.717) is 13.2 Å². The molecule has 1 N–H and O–H groups in total. The fraction of sp³-hybridized carbons (Fsp3) is 0.312. The van der Waals surface area contributed by atoms with E-state index >= 15 is 0 Å². The lowest BCUT2D eigenvalue weighted by Gasteiger charge is -2.12. The van der Waals surface area contributed by atoms with Crippen molar-refractivity contribution in [2.75, 3.05) is 20.3 Å². The SMILES string of the molecule is COCCNCc1ccccc1OCc1ccc(Br)cn1. The fourth-order valence-electron chi connectivity index (χ4n) is 1.83. The maximum Gasteiger partial charge on any atom is 0.130 e. The van der Waals surface area contributed by atoms with Crippen LogP contribution in [0.15, 0.2) is 47.1 Å². The number of rotatable bonds is 8. The Hall–Kier alpha value is -1.43. The number of halogens is 1. The number of methoxy groups -OCH3 is 1. The molecule has 0 aliphatic rings. The first-order valence-corrected chi connectivity index (χ1v) is 7.59. The van der Waals surface area contributed by atoms with E-state index in [2.05, 4.69) is 32.3 Å². The van der Waals surface area contributed by atoms with E-state index in [9.17, 15) is 0 Å². The van der Waals surface area contributed by atoms with E-state index in [1.807, 2.05) is 30.3 Å². The summed E-state index contributed by atoms with van der Waals surface area (Å²) in [5.41, 5.74) is 2.03. The van der Waals surface area contributed by atoms with Crippen LogP contribution in [-0.2, 0) is 17.9 Å². The van der Waals surface area contributed by atoms with Crippen LogP contribution in [0.3, 0.4) is 0 Å². The molecule has 0 atom stereocenters. The van der Waals surface area contributed by atoms with Crippen LogP contribution in [0.1, 0.15) is 11.3 Å². The van der Waals surface area contributed by atoms with Gasteiger partial charge in [-0.3, -0.25) is 4.98 Å². The van der Waals surface area contributed by atoms with Crippen molar-refractivity contribution in [3.63, 3.8) is 0 Å². The van der Waals surface area contributed by atoms with Gasteiger partial charge in [0.1, 0.15) is 12.4 Å². The quantitative estimate of drug-likeness (QED) is 0.742. The third-order valence-electron chi connectivity index (χ3n) is 2.94. The monoisotopic (exact) mass is 350 g/mol. The molecular weight excluding hydrogens is 332 g/mol. The van der Waals surface area contributed by atoms with Crippen molar-refractivity contribution >= 4 is 15.9 Å². The second kappa shape index (κ2) is 8.77. The van der Waals surface area contributed by atoms with Crippen molar-refractivity contribution in [3.8, 4) is 5.75 Å². The van der Waals surface area contributed by atoms with Crippen LogP contribution < -0.4 is 10.1 Å². The number of hydrogen-bond acceptors (Lipinski definition) is 4. The molecule has 1 aromatic carbocycles. The lowest BCUT2D eigenvalue weighted by molar-refractivity contribution is 0.199. The molecule has 4 nitrogen and oxygen atoms in total. The summed E-state index contributed by atoms with van der Waals surface area (Å²) in [6.07, 6.45) is 1.77. The normalized spacial score (nSPS) is 10.6. The van der Waals surface area contributed by atoms with Gasteiger partial charge in [0.15, 0.2) is 0 Å². The first kappa shape index (κ1) is 15.9. The third kappa shape index (κ3) is 5.46. The number of ether oxygens (including phenoxy) is 2. The van der Waals surface area contributed by atoms with Crippen molar-refractivity contribution < 1.29 is 9.47 Å². The van der Waals surface area contributed by atoms with Gasteiger partial charge in [-0.1, -0.05) is 18.2 Å². The lowest BCUT2D eigenvalue weighted by atomic mass is 10.2. The van der Waals surface area contributed by atoms with Crippen molar-refractivity contribution in [3.05, 3.63) is 58.3 Å². The summed E-state index contributed by atoms with van der Waals surface area (Å²) >= 11 is 3.37. The van der Waals surface area contributed by atoms with Gasteiger partial charge in [-0.2, -0.15) is 0 Å². The number of benzene rings is 1. The molecule has 0 bridgehead atoms. The van der Waals surface area contributed by atoms with Crippen LogP contribution in [0.2, 0.25) is 0 Å². The highest BCUT2D eigenvalue weighted by Gasteiger charge is 2.03. The molecule has 0 aliphatic heterocycles. The molecular formula is C16H19BrN2O2. The highest BCUT2D eigenvalue weighted by atomic mass is 79.9. The zero-order valence-electron chi connectivity index (χ0n) is 12.0. The minimum absolute atomic E-state index is 0.461. The first-order chi connectivity index (χ1) is 10.3. The Morgan fingerprint density at radius 3 is 2.81 bits per heavy atom. The van der Waals surface area contributed by atoms with Gasteiger partial charge in [0.25, 0.3) is 0 Å². The molecule has 5 heteroatoms. The van der Waals surface area contributed by atoms with Gasteiger partial charge in [0.05, 0.1) is 12.3 Å². The van der Waals surface area contributed by atoms with Crippen LogP contribution in [0.5, 0.6) is 5.75 Å². The van der Waals surface area contributed by atoms with Gasteiger partial charge < -0.3 is 14.8 Å². The van der Waals surface area contributed by atoms with E-state index in [1.165, 1.54) is 0 Å². The highest BCUT2D eigenvalue weighted by Crippen LogP contribution is 2.19. The maximum absolute atomic E-state index is 5.87. The molecule has 1 aromatic heterocycles. The Morgan fingerprint density at radius 2 is 2.05 bits per heavy atom. The molecule has 0 amide bonds. The summed E-state index contributed by atoms with van der Waals surface area (Å²) in [4.78, 5) is 4.31. The third-order valence-corrected chi connectivity index (χ3v) is 3.40. The molecule has 1 heterocycles. The minimum atomic E-state index is 0.461. The second-order valence-corrected chi connectivity index (χ2v) is 5.45. The molecule has 21 heavy (non-hydrogen) atoms. The van der Waals surface area contributed by atoms with E-state index in [-0.39, 0.29) is 0 Å². The minimum Gasteiger partial charge on any atom is -0.487 e. The van der Waals surface area contributed by atoms with Crippen LogP contribution in [-0.4, -0.2) is 25.2 Å². The Labute approximate surface area is 133 Å². The second-order valence-electron chi connectivity index (χ2n) is 4.53. The predicted octanol–water partition coefficient (Wildman–Crippen LogP) is 3.16. The van der Waals surface area contributed by atoms with Gasteiger partial charge >= 0.3 is 0 Å². The summed E-state index contributed by atoms with van der Waals surface area (Å²) in [7, 11) is 1.70. The zero-order valence-corrected chi connectivity index (χ0v) is 13.6. The van der Waals surface area contributed by atoms with Crippen molar-refractivity contribution in [1.82, 2.24) is 10.3 Å². The van der Waals surface area contributed by atoms with Crippen molar-refractivity contribution in [2.24, 2.45) is 0 Å². The molecule has 0 unspecified atom stereocenters. The van der Waals surface area contributed by atoms with Gasteiger partial charge in [0, 0.05) is 36.4 Å². The Morgan fingerprint density at radius 1 is 1.19 bits per heavy atom. The number of para-hydroxylation sites is 1. The summed E-state index contributed by atoms with van der Waals surface area (Å²) in [6.45, 7) is 2.74. The molecule has 112 valence electrons. The van der Waals surface area contributed by atoms with E-state index in [4.69, 9.17) is 9.47 Å². The van der Waals surface area contributed by atoms with Crippen LogP contribution >= 0.6 is 15.9 Å². The topological polar surface area (TPSA) is 43.4 Å². The van der Waals surface area contributed by atoms with Crippen molar-refractivity contribution in [1.29, 1.82) is 0 Å². The number of hydrogen-bond donors (Lipinski definition) is 1. The summed E-state index contributed by atoms with van der Waals surface area (Å²) in [6, 6.07) is 11.9. The highest BCUT2D eigenvalue weighted by molar-refractivity contribution is 9.10. The predicted molar refractivity (Wildman–Crippen MR) is 86.3 cm³/mol. The Kier molecular flexibility index (Phi) is 6.66. The molecule has 2 aromatic rings. The molecule has 0 aliphatic carbocycles. The molecule has 0 fully saturated rings. The van der Waals surface area contributed by atoms with Gasteiger partial charge in [-0.05, 0) is 34.1 Å². The van der Waals surface area contributed by atoms with Crippen LogP contribution in [0, 0.1) is 0 Å². The Balaban J connectivity index is 1.91. The standard InChI is InChI=1S/C16H19BrN2O2/c1-20-9-8-18-10-13-4-2-3-5-16(13)21-12-15-7-6-14(17)11-19-15/h2-7,11,18H,8-10,12H2,1H3. The van der Waals surface area contributed by atoms with Crippen LogP contribution in [0.25, 0.3) is 0 Å². The van der Waals surface area contributed by atoms with E-state index in [1.54, 1.807) is 13.3 Å². The Bertz CT molecular complexity index is 546. The van der Waals surface area contributed by atoms with Crippen molar-refractivity contribution in [2.45, 2.75) is 13.2 Å². The number of nitrogens with one attached hydrogen (secondary N) is 1. The maximum atomic E-state index is 5.87. The summed E-state index contributed by atoms with van der Waals surface area (Å²) < 4.78 is 11.9. The smallest absolute Gasteiger partial charge is 0.130 e. The summed E-state index contributed by atoms with van der Waals surface area (Å²) in [5, 5.41) is 3.32. The van der Waals surface area contributed by atoms with Gasteiger partial charge in [0.2, 0.25) is 0 Å². The molecule has 2 rings (SSSR count).